The van der Waals surface area contributed by atoms with Gasteiger partial charge in [-0.15, -0.1) is 0 Å². The van der Waals surface area contributed by atoms with Gasteiger partial charge in [0.15, 0.2) is 0 Å². The summed E-state index contributed by atoms with van der Waals surface area (Å²) in [5.41, 5.74) is 0. The highest BCUT2D eigenvalue weighted by Crippen LogP contribution is 2.19. The number of hydrogen-bond acceptors (Lipinski definition) is 3. The Kier molecular flexibility index (Phi) is 4.80. The fraction of sp³-hybridized carbons (Fsp3) is 1.00. The van der Waals surface area contributed by atoms with Crippen LogP contribution < -0.4 is 0 Å². The van der Waals surface area contributed by atoms with Gasteiger partial charge >= 0.3 is 0 Å². The van der Waals surface area contributed by atoms with Crippen LogP contribution in [0.5, 0.6) is 0 Å². The quantitative estimate of drug-likeness (QED) is 0.626. The summed E-state index contributed by atoms with van der Waals surface area (Å²) >= 11 is -2.33. The van der Waals surface area contributed by atoms with Crippen molar-refractivity contribution in [3.05, 3.63) is 0 Å². The number of hydrogen-bond donors (Lipinski definition) is 0. The van der Waals surface area contributed by atoms with Crippen molar-refractivity contribution in [1.82, 2.24) is 0 Å². The van der Waals surface area contributed by atoms with E-state index in [1.54, 1.807) is 0 Å². The third-order valence-electron chi connectivity index (χ3n) is 2.27. The van der Waals surface area contributed by atoms with Gasteiger partial charge in [-0.25, -0.2) is 4.21 Å². The summed E-state index contributed by atoms with van der Waals surface area (Å²) in [6.45, 7) is 0. The van der Waals surface area contributed by atoms with Crippen molar-refractivity contribution in [2.75, 3.05) is 0 Å². The molecule has 0 spiro atoms. The van der Waals surface area contributed by atoms with Gasteiger partial charge in [0.1, 0.15) is 0 Å². The van der Waals surface area contributed by atoms with Crippen LogP contribution in [0.1, 0.15) is 44.9 Å². The van der Waals surface area contributed by atoms with Crippen molar-refractivity contribution >= 4 is 11.4 Å². The van der Waals surface area contributed by atoms with Crippen LogP contribution in [0, 0.1) is 0 Å². The van der Waals surface area contributed by atoms with E-state index < -0.39 is 11.4 Å². The molecule has 0 saturated heterocycles. The normalized spacial score (nSPS) is 24.4. The Hall–Kier alpha value is 0.0700. The second-order valence-electron chi connectivity index (χ2n) is 3.27. The SMILES string of the molecule is O=S([O-])OC1CCCCCCC1. The summed E-state index contributed by atoms with van der Waals surface area (Å²) in [4.78, 5) is 0. The molecule has 12 heavy (non-hydrogen) atoms. The van der Waals surface area contributed by atoms with Gasteiger partial charge in [0.2, 0.25) is 0 Å². The zero-order valence-electron chi connectivity index (χ0n) is 7.16. The van der Waals surface area contributed by atoms with E-state index in [0.29, 0.717) is 0 Å². The molecule has 0 aromatic rings. The second-order valence-corrected chi connectivity index (χ2v) is 3.87. The molecule has 1 unspecified atom stereocenters. The van der Waals surface area contributed by atoms with Gasteiger partial charge in [-0.1, -0.05) is 32.1 Å². The maximum absolute atomic E-state index is 10.2. The van der Waals surface area contributed by atoms with E-state index in [-0.39, 0.29) is 6.10 Å². The average Bonchev–Trinajstić information content (AvgIpc) is 1.93. The lowest BCUT2D eigenvalue weighted by atomic mass is 9.99. The molecule has 0 aromatic carbocycles. The Bertz CT molecular complexity index is 141. The molecule has 0 amide bonds. The van der Waals surface area contributed by atoms with Crippen LogP contribution in [0.25, 0.3) is 0 Å². The molecule has 0 aromatic heterocycles. The molecule has 0 heterocycles. The van der Waals surface area contributed by atoms with Crippen molar-refractivity contribution < 1.29 is 12.9 Å². The van der Waals surface area contributed by atoms with Crippen molar-refractivity contribution in [3.8, 4) is 0 Å². The van der Waals surface area contributed by atoms with Crippen molar-refractivity contribution in [3.63, 3.8) is 0 Å². The van der Waals surface area contributed by atoms with E-state index in [9.17, 15) is 8.76 Å². The molecule has 72 valence electrons. The van der Waals surface area contributed by atoms with Gasteiger partial charge in [-0.3, -0.25) is 4.18 Å². The van der Waals surface area contributed by atoms with Crippen molar-refractivity contribution in [2.45, 2.75) is 51.0 Å². The molecule has 1 saturated carbocycles. The van der Waals surface area contributed by atoms with Crippen LogP contribution in [0.4, 0.5) is 0 Å². The first-order valence-electron chi connectivity index (χ1n) is 4.55. The summed E-state index contributed by atoms with van der Waals surface area (Å²) in [6.07, 6.45) is 7.65. The highest BCUT2D eigenvalue weighted by Gasteiger charge is 2.11. The number of rotatable bonds is 2. The molecule has 0 radical (unpaired) electrons. The van der Waals surface area contributed by atoms with E-state index >= 15 is 0 Å². The topological polar surface area (TPSA) is 49.4 Å². The van der Waals surface area contributed by atoms with E-state index in [0.717, 1.165) is 25.7 Å². The average molecular weight is 191 g/mol. The largest absolute Gasteiger partial charge is 0.750 e. The third-order valence-corrected chi connectivity index (χ3v) is 2.70. The van der Waals surface area contributed by atoms with Crippen LogP contribution in [-0.4, -0.2) is 14.9 Å². The molecule has 1 atom stereocenters. The molecule has 0 N–H and O–H groups in total. The molecule has 1 rings (SSSR count). The molecule has 4 heteroatoms. The zero-order valence-corrected chi connectivity index (χ0v) is 7.98. The Balaban J connectivity index is 2.24. The Labute approximate surface area is 76.0 Å². The van der Waals surface area contributed by atoms with E-state index in [1.807, 2.05) is 0 Å². The maximum Gasteiger partial charge on any atom is 0.0844 e. The first-order valence-corrected chi connectivity index (χ1v) is 5.55. The van der Waals surface area contributed by atoms with E-state index in [4.69, 9.17) is 4.18 Å². The molecule has 1 fully saturated rings. The van der Waals surface area contributed by atoms with Crippen LogP contribution in [0.2, 0.25) is 0 Å². The molecule has 1 aliphatic rings. The minimum atomic E-state index is -2.33. The summed E-state index contributed by atoms with van der Waals surface area (Å²) in [6, 6.07) is 0. The predicted molar refractivity (Wildman–Crippen MR) is 46.1 cm³/mol. The van der Waals surface area contributed by atoms with Gasteiger partial charge < -0.3 is 4.55 Å². The fourth-order valence-electron chi connectivity index (χ4n) is 1.63. The van der Waals surface area contributed by atoms with Gasteiger partial charge in [0.25, 0.3) is 0 Å². The standard InChI is InChI=1S/C8H16O3S/c9-12(10)11-8-6-4-2-1-3-5-7-8/h8H,1-7H2,(H,9,10)/p-1. The molecular weight excluding hydrogens is 176 g/mol. The van der Waals surface area contributed by atoms with Gasteiger partial charge in [0.05, 0.1) is 17.5 Å². The van der Waals surface area contributed by atoms with E-state index in [2.05, 4.69) is 0 Å². The highest BCUT2D eigenvalue weighted by atomic mass is 32.2. The fourth-order valence-corrected chi connectivity index (χ4v) is 2.04. The predicted octanol–water partition coefficient (Wildman–Crippen LogP) is 1.91. The Morgan fingerprint density at radius 3 is 2.08 bits per heavy atom. The van der Waals surface area contributed by atoms with Gasteiger partial charge in [-0.2, -0.15) is 0 Å². The van der Waals surface area contributed by atoms with Crippen molar-refractivity contribution in [2.24, 2.45) is 0 Å². The summed E-state index contributed by atoms with van der Waals surface area (Å²) in [7, 11) is 0. The summed E-state index contributed by atoms with van der Waals surface area (Å²) < 4.78 is 25.2. The minimum Gasteiger partial charge on any atom is -0.750 e. The lowest BCUT2D eigenvalue weighted by Crippen LogP contribution is -2.15. The monoisotopic (exact) mass is 191 g/mol. The van der Waals surface area contributed by atoms with Crippen LogP contribution in [-0.2, 0) is 15.5 Å². The Morgan fingerprint density at radius 2 is 1.58 bits per heavy atom. The summed E-state index contributed by atoms with van der Waals surface area (Å²) in [5.74, 6) is 0. The smallest absolute Gasteiger partial charge is 0.0844 e. The van der Waals surface area contributed by atoms with Crippen LogP contribution >= 0.6 is 0 Å². The summed E-state index contributed by atoms with van der Waals surface area (Å²) in [5, 5.41) is 0. The first kappa shape index (κ1) is 10.2. The second kappa shape index (κ2) is 5.67. The lowest BCUT2D eigenvalue weighted by molar-refractivity contribution is 0.167. The van der Waals surface area contributed by atoms with Crippen LogP contribution in [0.15, 0.2) is 0 Å². The zero-order chi connectivity index (χ0) is 8.81. The molecule has 0 bridgehead atoms. The third kappa shape index (κ3) is 4.18. The lowest BCUT2D eigenvalue weighted by Gasteiger charge is -2.20. The van der Waals surface area contributed by atoms with Gasteiger partial charge in [0, 0.05) is 0 Å². The first-order chi connectivity index (χ1) is 5.79. The molecular formula is C8H15O3S-. The minimum absolute atomic E-state index is 0.0522. The Morgan fingerprint density at radius 1 is 1.08 bits per heavy atom. The maximum atomic E-state index is 10.2. The molecule has 0 aliphatic heterocycles. The van der Waals surface area contributed by atoms with E-state index in [1.165, 1.54) is 19.3 Å². The highest BCUT2D eigenvalue weighted by molar-refractivity contribution is 7.74. The molecule has 1 aliphatic carbocycles. The molecule has 3 nitrogen and oxygen atoms in total. The van der Waals surface area contributed by atoms with Gasteiger partial charge in [-0.05, 0) is 12.8 Å². The van der Waals surface area contributed by atoms with Crippen LogP contribution in [0.3, 0.4) is 0 Å². The van der Waals surface area contributed by atoms with Crippen molar-refractivity contribution in [1.29, 1.82) is 0 Å².